The Labute approximate surface area is 123 Å². The van der Waals surface area contributed by atoms with Crippen LogP contribution in [0.4, 0.5) is 5.69 Å². The zero-order chi connectivity index (χ0) is 14.0. The minimum atomic E-state index is -0.00527. The van der Waals surface area contributed by atoms with Crippen molar-refractivity contribution >= 4 is 27.5 Å². The second kappa shape index (κ2) is 5.95. The molecular weight excluding hydrogens is 304 g/mol. The van der Waals surface area contributed by atoms with Crippen molar-refractivity contribution in [3.8, 4) is 0 Å². The van der Waals surface area contributed by atoms with E-state index in [1.165, 1.54) is 12.8 Å². The summed E-state index contributed by atoms with van der Waals surface area (Å²) >= 11 is 3.35. The molecule has 2 rings (SSSR count). The molecule has 1 aromatic carbocycles. The topological polar surface area (TPSA) is 55.1 Å². The molecule has 0 spiro atoms. The summed E-state index contributed by atoms with van der Waals surface area (Å²) in [6.07, 6.45) is 3.50. The van der Waals surface area contributed by atoms with Crippen molar-refractivity contribution in [2.24, 2.45) is 11.8 Å². The smallest absolute Gasteiger partial charge is 0.251 e. The van der Waals surface area contributed by atoms with Crippen LogP contribution in [0.1, 0.15) is 43.5 Å². The van der Waals surface area contributed by atoms with Gasteiger partial charge in [-0.25, -0.2) is 0 Å². The summed E-state index contributed by atoms with van der Waals surface area (Å²) in [5.74, 6) is 1.30. The van der Waals surface area contributed by atoms with Crippen LogP contribution >= 0.6 is 15.9 Å². The van der Waals surface area contributed by atoms with Crippen LogP contribution in [0.2, 0.25) is 0 Å². The fourth-order valence-corrected chi connectivity index (χ4v) is 3.33. The molecule has 3 atom stereocenters. The molecule has 0 bridgehead atoms. The summed E-state index contributed by atoms with van der Waals surface area (Å²) in [7, 11) is 0. The van der Waals surface area contributed by atoms with Crippen molar-refractivity contribution in [3.63, 3.8) is 0 Å². The molecule has 0 aliphatic heterocycles. The van der Waals surface area contributed by atoms with Crippen molar-refractivity contribution in [2.45, 2.75) is 39.2 Å². The summed E-state index contributed by atoms with van der Waals surface area (Å²) in [6, 6.07) is 5.61. The van der Waals surface area contributed by atoms with Gasteiger partial charge in [0.1, 0.15) is 0 Å². The van der Waals surface area contributed by atoms with E-state index in [-0.39, 0.29) is 5.91 Å². The molecule has 0 radical (unpaired) electrons. The molecule has 0 heterocycles. The van der Waals surface area contributed by atoms with Gasteiger partial charge in [0.15, 0.2) is 0 Å². The molecule has 1 aliphatic carbocycles. The summed E-state index contributed by atoms with van der Waals surface area (Å²) in [5.41, 5.74) is 7.04. The molecule has 3 N–H and O–H groups in total. The lowest BCUT2D eigenvalue weighted by Gasteiger charge is -2.21. The van der Waals surface area contributed by atoms with Crippen LogP contribution in [0.5, 0.6) is 0 Å². The number of nitrogens with two attached hydrogens (primary N) is 1. The second-order valence-electron chi connectivity index (χ2n) is 5.42. The maximum absolute atomic E-state index is 12.2. The zero-order valence-corrected chi connectivity index (χ0v) is 13.0. The van der Waals surface area contributed by atoms with Crippen LogP contribution in [0.3, 0.4) is 0 Å². The number of hydrogen-bond acceptors (Lipinski definition) is 2. The average molecular weight is 325 g/mol. The van der Waals surface area contributed by atoms with Crippen LogP contribution in [0.15, 0.2) is 22.7 Å². The van der Waals surface area contributed by atoms with Crippen LogP contribution < -0.4 is 11.1 Å². The number of carbonyl (C=O) groups is 1. The van der Waals surface area contributed by atoms with Gasteiger partial charge in [0, 0.05) is 21.8 Å². The molecular formula is C15H21BrN2O. The third kappa shape index (κ3) is 3.11. The minimum Gasteiger partial charge on any atom is -0.398 e. The standard InChI is InChI=1S/C15H21BrN2O/c1-3-10-5-7-14(9(10)2)18-15(19)11-4-6-13(17)12(16)8-11/h4,6,8-10,14H,3,5,7,17H2,1-2H3,(H,18,19). The van der Waals surface area contributed by atoms with Gasteiger partial charge in [-0.05, 0) is 58.8 Å². The number of benzene rings is 1. The minimum absolute atomic E-state index is 0.00527. The highest BCUT2D eigenvalue weighted by molar-refractivity contribution is 9.10. The highest BCUT2D eigenvalue weighted by Gasteiger charge is 2.32. The van der Waals surface area contributed by atoms with E-state index in [1.54, 1.807) is 18.2 Å². The first-order valence-electron chi connectivity index (χ1n) is 6.88. The van der Waals surface area contributed by atoms with Gasteiger partial charge in [-0.3, -0.25) is 4.79 Å². The van der Waals surface area contributed by atoms with Gasteiger partial charge in [-0.2, -0.15) is 0 Å². The normalized spacial score (nSPS) is 26.4. The summed E-state index contributed by atoms with van der Waals surface area (Å²) in [4.78, 5) is 12.2. The molecule has 1 aromatic rings. The van der Waals surface area contributed by atoms with Crippen molar-refractivity contribution in [2.75, 3.05) is 5.73 Å². The Balaban J connectivity index is 2.03. The van der Waals surface area contributed by atoms with Gasteiger partial charge in [0.25, 0.3) is 5.91 Å². The fourth-order valence-electron chi connectivity index (χ4n) is 2.95. The van der Waals surface area contributed by atoms with Gasteiger partial charge in [-0.1, -0.05) is 20.3 Å². The third-order valence-electron chi connectivity index (χ3n) is 4.33. The molecule has 1 saturated carbocycles. The van der Waals surface area contributed by atoms with E-state index in [0.29, 0.717) is 23.2 Å². The highest BCUT2D eigenvalue weighted by Crippen LogP contribution is 2.34. The second-order valence-corrected chi connectivity index (χ2v) is 6.28. The Bertz CT molecular complexity index is 475. The SMILES string of the molecule is CCC1CCC(NC(=O)c2ccc(N)c(Br)c2)C1C. The first kappa shape index (κ1) is 14.4. The number of rotatable bonds is 3. The molecule has 19 heavy (non-hydrogen) atoms. The van der Waals surface area contributed by atoms with Crippen LogP contribution in [-0.2, 0) is 0 Å². The number of nitrogen functional groups attached to an aromatic ring is 1. The monoisotopic (exact) mass is 324 g/mol. The first-order chi connectivity index (χ1) is 9.02. The van der Waals surface area contributed by atoms with Crippen molar-refractivity contribution in [1.29, 1.82) is 0 Å². The van der Waals surface area contributed by atoms with E-state index in [4.69, 9.17) is 5.73 Å². The number of halogens is 1. The third-order valence-corrected chi connectivity index (χ3v) is 5.02. The Morgan fingerprint density at radius 2 is 2.21 bits per heavy atom. The quantitative estimate of drug-likeness (QED) is 0.835. The molecule has 0 saturated heterocycles. The Kier molecular flexibility index (Phi) is 4.50. The largest absolute Gasteiger partial charge is 0.398 e. The molecule has 1 aliphatic rings. The van der Waals surface area contributed by atoms with E-state index >= 15 is 0 Å². The average Bonchev–Trinajstić information content (AvgIpc) is 2.73. The number of amides is 1. The van der Waals surface area contributed by atoms with E-state index in [1.807, 2.05) is 0 Å². The first-order valence-corrected chi connectivity index (χ1v) is 7.68. The number of carbonyl (C=O) groups excluding carboxylic acids is 1. The molecule has 1 fully saturated rings. The maximum atomic E-state index is 12.2. The van der Waals surface area contributed by atoms with Crippen LogP contribution in [0.25, 0.3) is 0 Å². The maximum Gasteiger partial charge on any atom is 0.251 e. The lowest BCUT2D eigenvalue weighted by atomic mass is 9.93. The summed E-state index contributed by atoms with van der Waals surface area (Å²) in [6.45, 7) is 4.47. The van der Waals surface area contributed by atoms with Crippen molar-refractivity contribution in [3.05, 3.63) is 28.2 Å². The zero-order valence-electron chi connectivity index (χ0n) is 11.4. The molecule has 1 amide bonds. The molecule has 104 valence electrons. The Morgan fingerprint density at radius 3 is 2.79 bits per heavy atom. The van der Waals surface area contributed by atoms with Gasteiger partial charge < -0.3 is 11.1 Å². The molecule has 4 heteroatoms. The van der Waals surface area contributed by atoms with Gasteiger partial charge in [-0.15, -0.1) is 0 Å². The van der Waals surface area contributed by atoms with E-state index in [0.717, 1.165) is 16.8 Å². The number of anilines is 1. The van der Waals surface area contributed by atoms with E-state index in [2.05, 4.69) is 35.1 Å². The molecule has 0 aromatic heterocycles. The predicted molar refractivity (Wildman–Crippen MR) is 82.0 cm³/mol. The van der Waals surface area contributed by atoms with Gasteiger partial charge >= 0.3 is 0 Å². The van der Waals surface area contributed by atoms with Gasteiger partial charge in [0.2, 0.25) is 0 Å². The van der Waals surface area contributed by atoms with E-state index < -0.39 is 0 Å². The number of nitrogens with one attached hydrogen (secondary N) is 1. The highest BCUT2D eigenvalue weighted by atomic mass is 79.9. The summed E-state index contributed by atoms with van der Waals surface area (Å²) in [5, 5.41) is 3.16. The van der Waals surface area contributed by atoms with E-state index in [9.17, 15) is 4.79 Å². The lowest BCUT2D eigenvalue weighted by Crippen LogP contribution is -2.37. The Morgan fingerprint density at radius 1 is 1.47 bits per heavy atom. The fraction of sp³-hybridized carbons (Fsp3) is 0.533. The van der Waals surface area contributed by atoms with Gasteiger partial charge in [0.05, 0.1) is 0 Å². The number of hydrogen-bond donors (Lipinski definition) is 2. The van der Waals surface area contributed by atoms with Crippen LogP contribution in [-0.4, -0.2) is 11.9 Å². The van der Waals surface area contributed by atoms with Crippen LogP contribution in [0, 0.1) is 11.8 Å². The lowest BCUT2D eigenvalue weighted by molar-refractivity contribution is 0.0926. The van der Waals surface area contributed by atoms with Crippen molar-refractivity contribution < 1.29 is 4.79 Å². The Hall–Kier alpha value is -1.03. The predicted octanol–water partition coefficient (Wildman–Crippen LogP) is 3.59. The molecule has 3 nitrogen and oxygen atoms in total. The summed E-state index contributed by atoms with van der Waals surface area (Å²) < 4.78 is 0.769. The van der Waals surface area contributed by atoms with Crippen molar-refractivity contribution in [1.82, 2.24) is 5.32 Å². The molecule has 3 unspecified atom stereocenters.